The maximum Gasteiger partial charge on any atom is 0.324 e. The van der Waals surface area contributed by atoms with Crippen LogP contribution in [0.4, 0.5) is 10.8 Å². The van der Waals surface area contributed by atoms with E-state index in [9.17, 15) is 9.59 Å². The van der Waals surface area contributed by atoms with E-state index in [2.05, 4.69) is 10.3 Å². The molecule has 2 atom stereocenters. The summed E-state index contributed by atoms with van der Waals surface area (Å²) >= 11 is 7.56. The number of hydrogen-bond donors (Lipinski definition) is 1. The molecule has 2 aliphatic heterocycles. The highest BCUT2D eigenvalue weighted by Crippen LogP contribution is 2.54. The smallest absolute Gasteiger partial charge is 0.324 e. The van der Waals surface area contributed by atoms with Crippen LogP contribution in [-0.2, 0) is 24.7 Å². The number of esters is 2. The molecule has 3 heterocycles. The molecule has 0 aliphatic carbocycles. The van der Waals surface area contributed by atoms with E-state index in [0.717, 1.165) is 5.69 Å². The fourth-order valence-corrected chi connectivity index (χ4v) is 4.88. The maximum absolute atomic E-state index is 12.6. The molecule has 0 saturated carbocycles. The van der Waals surface area contributed by atoms with E-state index >= 15 is 0 Å². The van der Waals surface area contributed by atoms with Crippen LogP contribution in [0.15, 0.2) is 29.6 Å². The van der Waals surface area contributed by atoms with Crippen molar-refractivity contribution in [3.63, 3.8) is 0 Å². The van der Waals surface area contributed by atoms with Gasteiger partial charge in [0.15, 0.2) is 16.1 Å². The summed E-state index contributed by atoms with van der Waals surface area (Å²) in [6.07, 6.45) is 0.526. The number of carbonyl (C=O) groups excluding carboxylic acids is 2. The van der Waals surface area contributed by atoms with E-state index in [1.165, 1.54) is 11.3 Å². The van der Waals surface area contributed by atoms with Crippen LogP contribution in [0.3, 0.4) is 0 Å². The number of carbonyl (C=O) groups is 2. The quantitative estimate of drug-likeness (QED) is 0.600. The van der Waals surface area contributed by atoms with Gasteiger partial charge in [-0.15, -0.1) is 11.3 Å². The normalized spacial score (nSPS) is 29.0. The van der Waals surface area contributed by atoms with Gasteiger partial charge in [0.2, 0.25) is 0 Å². The summed E-state index contributed by atoms with van der Waals surface area (Å²) in [6.45, 7) is 5.39. The number of nitrogens with zero attached hydrogens (tertiary/aromatic N) is 1. The van der Waals surface area contributed by atoms with Gasteiger partial charge in [-0.05, 0) is 32.9 Å². The van der Waals surface area contributed by atoms with Gasteiger partial charge < -0.3 is 14.8 Å². The molecule has 8 heteroatoms. The molecule has 6 nitrogen and oxygen atoms in total. The van der Waals surface area contributed by atoms with E-state index in [1.54, 1.807) is 26.8 Å². The minimum atomic E-state index is -1.25. The van der Waals surface area contributed by atoms with Crippen LogP contribution < -0.4 is 5.32 Å². The van der Waals surface area contributed by atoms with Crippen molar-refractivity contribution >= 4 is 45.7 Å². The molecule has 1 aromatic carbocycles. The molecule has 1 spiro atoms. The summed E-state index contributed by atoms with van der Waals surface area (Å²) in [7, 11) is 0. The van der Waals surface area contributed by atoms with E-state index in [0.29, 0.717) is 22.3 Å². The highest BCUT2D eigenvalue weighted by Gasteiger charge is 2.67. The van der Waals surface area contributed by atoms with Gasteiger partial charge in [0.25, 0.3) is 0 Å². The van der Waals surface area contributed by atoms with Crippen LogP contribution in [0.1, 0.15) is 39.3 Å². The van der Waals surface area contributed by atoms with Gasteiger partial charge in [-0.25, -0.2) is 4.98 Å². The molecule has 1 aromatic heterocycles. The molecular formula is C19H19ClN2O4S. The monoisotopic (exact) mass is 406 g/mol. The van der Waals surface area contributed by atoms with Crippen LogP contribution in [0, 0.1) is 5.41 Å². The summed E-state index contributed by atoms with van der Waals surface area (Å²) in [5.41, 5.74) is -1.57. The Hall–Kier alpha value is -2.12. The predicted octanol–water partition coefficient (Wildman–Crippen LogP) is 4.41. The summed E-state index contributed by atoms with van der Waals surface area (Å²) in [5.74, 6) is -1.04. The third-order valence-corrected chi connectivity index (χ3v) is 6.08. The Morgan fingerprint density at radius 1 is 1.11 bits per heavy atom. The van der Waals surface area contributed by atoms with Gasteiger partial charge in [-0.1, -0.05) is 23.7 Å². The number of anilines is 2. The lowest BCUT2D eigenvalue weighted by atomic mass is 9.75. The SMILES string of the molecule is CC1(C)C[C@]2(C[C@@](C)(c3csc(Nc4ccccc4Cl)n3)OC2=O)C(=O)O1. The largest absolute Gasteiger partial charge is 0.459 e. The number of hydrogen-bond acceptors (Lipinski definition) is 7. The lowest BCUT2D eigenvalue weighted by molar-refractivity contribution is -0.161. The average molecular weight is 407 g/mol. The number of cyclic esters (lactones) is 2. The number of nitrogens with one attached hydrogen (secondary N) is 1. The molecule has 0 unspecified atom stereocenters. The third-order valence-electron chi connectivity index (χ3n) is 5.00. The molecule has 0 bridgehead atoms. The van der Waals surface area contributed by atoms with Gasteiger partial charge in [-0.3, -0.25) is 9.59 Å². The number of thiazole rings is 1. The van der Waals surface area contributed by atoms with Crippen LogP contribution in [0.2, 0.25) is 5.02 Å². The Morgan fingerprint density at radius 2 is 1.81 bits per heavy atom. The Kier molecular flexibility index (Phi) is 4.01. The zero-order valence-corrected chi connectivity index (χ0v) is 16.7. The average Bonchev–Trinajstić information content (AvgIpc) is 3.19. The van der Waals surface area contributed by atoms with Crippen molar-refractivity contribution in [1.29, 1.82) is 0 Å². The number of aromatic nitrogens is 1. The highest BCUT2D eigenvalue weighted by atomic mass is 35.5. The minimum Gasteiger partial charge on any atom is -0.459 e. The number of ether oxygens (including phenoxy) is 2. The first kappa shape index (κ1) is 18.3. The first-order chi connectivity index (χ1) is 12.6. The first-order valence-electron chi connectivity index (χ1n) is 8.58. The van der Waals surface area contributed by atoms with E-state index < -0.39 is 28.6 Å². The number of rotatable bonds is 3. The number of benzene rings is 1. The van der Waals surface area contributed by atoms with Crippen LogP contribution in [0.25, 0.3) is 0 Å². The van der Waals surface area contributed by atoms with Crippen LogP contribution >= 0.6 is 22.9 Å². The Morgan fingerprint density at radius 3 is 2.48 bits per heavy atom. The van der Waals surface area contributed by atoms with Crippen molar-refractivity contribution in [1.82, 2.24) is 4.98 Å². The van der Waals surface area contributed by atoms with Gasteiger partial charge in [0, 0.05) is 18.2 Å². The van der Waals surface area contributed by atoms with Gasteiger partial charge in [0.05, 0.1) is 16.4 Å². The van der Waals surface area contributed by atoms with E-state index in [1.807, 2.05) is 23.6 Å². The molecule has 0 amide bonds. The van der Waals surface area contributed by atoms with Crippen molar-refractivity contribution in [2.24, 2.45) is 5.41 Å². The van der Waals surface area contributed by atoms with Crippen molar-refractivity contribution in [2.45, 2.75) is 44.8 Å². The lowest BCUT2D eigenvalue weighted by Crippen LogP contribution is -2.32. The van der Waals surface area contributed by atoms with Gasteiger partial charge in [0.1, 0.15) is 5.60 Å². The van der Waals surface area contributed by atoms with Crippen molar-refractivity contribution in [3.05, 3.63) is 40.4 Å². The third kappa shape index (κ3) is 2.99. The van der Waals surface area contributed by atoms with Crippen LogP contribution in [0.5, 0.6) is 0 Å². The zero-order chi connectivity index (χ0) is 19.4. The summed E-state index contributed by atoms with van der Waals surface area (Å²) in [6, 6.07) is 7.36. The fraction of sp³-hybridized carbons (Fsp3) is 0.421. The second-order valence-corrected chi connectivity index (χ2v) is 9.11. The highest BCUT2D eigenvalue weighted by molar-refractivity contribution is 7.13. The fourth-order valence-electron chi connectivity index (χ4n) is 3.85. The predicted molar refractivity (Wildman–Crippen MR) is 102 cm³/mol. The van der Waals surface area contributed by atoms with Crippen molar-refractivity contribution in [2.75, 3.05) is 5.32 Å². The Labute approximate surface area is 165 Å². The van der Waals surface area contributed by atoms with E-state index in [-0.39, 0.29) is 6.42 Å². The Balaban J connectivity index is 1.60. The molecule has 2 aliphatic rings. The molecule has 2 fully saturated rings. The molecule has 0 radical (unpaired) electrons. The topological polar surface area (TPSA) is 77.5 Å². The number of para-hydroxylation sites is 1. The van der Waals surface area contributed by atoms with E-state index in [4.69, 9.17) is 21.1 Å². The number of halogens is 1. The van der Waals surface area contributed by atoms with Crippen molar-refractivity contribution < 1.29 is 19.1 Å². The summed E-state index contributed by atoms with van der Waals surface area (Å²) < 4.78 is 11.1. The molecule has 2 aromatic rings. The standard InChI is InChI=1S/C19H19ClN2O4S/c1-17(2)9-19(14(23)25-17)10-18(3,26-15(19)24)13-8-27-16(22-13)21-12-7-5-4-6-11(12)20/h4-8H,9-10H2,1-3H3,(H,21,22)/t18-,19-/m0/s1. The molecule has 2 saturated heterocycles. The summed E-state index contributed by atoms with van der Waals surface area (Å²) in [5, 5.41) is 6.22. The first-order valence-corrected chi connectivity index (χ1v) is 9.84. The van der Waals surface area contributed by atoms with Crippen LogP contribution in [-0.4, -0.2) is 22.5 Å². The molecule has 1 N–H and O–H groups in total. The van der Waals surface area contributed by atoms with Gasteiger partial charge in [-0.2, -0.15) is 0 Å². The second-order valence-electron chi connectivity index (χ2n) is 7.85. The minimum absolute atomic E-state index is 0.219. The second kappa shape index (κ2) is 5.94. The molecular weight excluding hydrogens is 388 g/mol. The maximum atomic E-state index is 12.6. The Bertz CT molecular complexity index is 943. The summed E-state index contributed by atoms with van der Waals surface area (Å²) in [4.78, 5) is 29.7. The zero-order valence-electron chi connectivity index (χ0n) is 15.2. The lowest BCUT2D eigenvalue weighted by Gasteiger charge is -2.20. The molecule has 4 rings (SSSR count). The molecule has 27 heavy (non-hydrogen) atoms. The molecule has 142 valence electrons. The van der Waals surface area contributed by atoms with Gasteiger partial charge >= 0.3 is 11.9 Å². The van der Waals surface area contributed by atoms with Crippen molar-refractivity contribution in [3.8, 4) is 0 Å².